The molecule has 0 amide bonds. The van der Waals surface area contributed by atoms with Crippen molar-refractivity contribution in [2.45, 2.75) is 20.0 Å². The van der Waals surface area contributed by atoms with Crippen LogP contribution in [-0.2, 0) is 13.1 Å². The largest absolute Gasteiger partial charge is 0.295 e. The van der Waals surface area contributed by atoms with Crippen molar-refractivity contribution in [2.24, 2.45) is 4.99 Å². The minimum absolute atomic E-state index is 0.603. The summed E-state index contributed by atoms with van der Waals surface area (Å²) < 4.78 is 0. The maximum Gasteiger partial charge on any atom is 0.183 e. The van der Waals surface area contributed by atoms with E-state index in [0.717, 1.165) is 25.3 Å². The summed E-state index contributed by atoms with van der Waals surface area (Å²) in [6.45, 7) is 4.95. The molecule has 0 unspecified atom stereocenters. The molecular weight excluding hydrogens is 316 g/mol. The number of rotatable bonds is 6. The van der Waals surface area contributed by atoms with Crippen LogP contribution >= 0.6 is 11.8 Å². The first-order chi connectivity index (χ1) is 11.7. The number of hydrogen-bond acceptors (Lipinski definition) is 4. The molecule has 0 aliphatic heterocycles. The first-order valence-electron chi connectivity index (χ1n) is 7.88. The highest BCUT2D eigenvalue weighted by molar-refractivity contribution is 8.13. The SMILES string of the molecule is CCN(Cc1ccccc1)Cc1cccc(N=C(NC#N)SC)c1. The van der Waals surface area contributed by atoms with E-state index in [0.29, 0.717) is 5.17 Å². The molecule has 0 aliphatic rings. The molecule has 2 rings (SSSR count). The Kier molecular flexibility index (Phi) is 7.34. The van der Waals surface area contributed by atoms with Crippen LogP contribution in [0.15, 0.2) is 59.6 Å². The molecule has 0 heterocycles. The van der Waals surface area contributed by atoms with E-state index < -0.39 is 0 Å². The molecule has 5 heteroatoms. The summed E-state index contributed by atoms with van der Waals surface area (Å²) >= 11 is 1.42. The van der Waals surface area contributed by atoms with Crippen LogP contribution in [0.25, 0.3) is 0 Å². The van der Waals surface area contributed by atoms with E-state index in [9.17, 15) is 0 Å². The Bertz CT molecular complexity index is 707. The lowest BCUT2D eigenvalue weighted by Gasteiger charge is -2.20. The summed E-state index contributed by atoms with van der Waals surface area (Å²) in [5.41, 5.74) is 3.39. The minimum atomic E-state index is 0.603. The van der Waals surface area contributed by atoms with Crippen molar-refractivity contribution in [3.63, 3.8) is 0 Å². The predicted octanol–water partition coefficient (Wildman–Crippen LogP) is 4.13. The van der Waals surface area contributed by atoms with Crippen LogP contribution < -0.4 is 5.32 Å². The molecule has 24 heavy (non-hydrogen) atoms. The number of nitrogens with zero attached hydrogens (tertiary/aromatic N) is 3. The van der Waals surface area contributed by atoms with Crippen molar-refractivity contribution in [1.82, 2.24) is 10.2 Å². The maximum atomic E-state index is 8.73. The molecule has 0 spiro atoms. The molecule has 2 aromatic rings. The zero-order valence-corrected chi connectivity index (χ0v) is 14.9. The zero-order valence-electron chi connectivity index (χ0n) is 14.1. The molecule has 0 atom stereocenters. The van der Waals surface area contributed by atoms with E-state index in [1.807, 2.05) is 30.6 Å². The van der Waals surface area contributed by atoms with Crippen LogP contribution in [-0.4, -0.2) is 22.9 Å². The third kappa shape index (κ3) is 5.73. The monoisotopic (exact) mass is 338 g/mol. The molecule has 1 N–H and O–H groups in total. The van der Waals surface area contributed by atoms with Gasteiger partial charge in [0.2, 0.25) is 0 Å². The van der Waals surface area contributed by atoms with Crippen LogP contribution in [0.3, 0.4) is 0 Å². The van der Waals surface area contributed by atoms with E-state index in [4.69, 9.17) is 5.26 Å². The third-order valence-corrected chi connectivity index (χ3v) is 4.18. The van der Waals surface area contributed by atoms with Gasteiger partial charge in [-0.05, 0) is 36.1 Å². The second kappa shape index (κ2) is 9.76. The Morgan fingerprint density at radius 1 is 1.12 bits per heavy atom. The summed E-state index contributed by atoms with van der Waals surface area (Å²) in [4.78, 5) is 6.86. The number of nitriles is 1. The Hall–Kier alpha value is -2.29. The zero-order chi connectivity index (χ0) is 17.2. The fourth-order valence-corrected chi connectivity index (χ4v) is 2.74. The summed E-state index contributed by atoms with van der Waals surface area (Å²) in [6, 6.07) is 18.6. The second-order valence-corrected chi connectivity index (χ2v) is 6.11. The molecule has 0 aliphatic carbocycles. The van der Waals surface area contributed by atoms with Gasteiger partial charge in [0.15, 0.2) is 11.4 Å². The van der Waals surface area contributed by atoms with Crippen LogP contribution in [0.5, 0.6) is 0 Å². The lowest BCUT2D eigenvalue weighted by atomic mass is 10.1. The van der Waals surface area contributed by atoms with E-state index in [1.54, 1.807) is 0 Å². The van der Waals surface area contributed by atoms with Gasteiger partial charge < -0.3 is 0 Å². The van der Waals surface area contributed by atoms with Crippen LogP contribution in [0.4, 0.5) is 5.69 Å². The van der Waals surface area contributed by atoms with Gasteiger partial charge in [0.1, 0.15) is 0 Å². The highest BCUT2D eigenvalue weighted by Gasteiger charge is 2.06. The molecule has 2 aromatic carbocycles. The summed E-state index contributed by atoms with van der Waals surface area (Å²) in [6.07, 6.45) is 3.81. The van der Waals surface area contributed by atoms with Crippen LogP contribution in [0.2, 0.25) is 0 Å². The fraction of sp³-hybridized carbons (Fsp3) is 0.263. The van der Waals surface area contributed by atoms with Gasteiger partial charge >= 0.3 is 0 Å². The smallest absolute Gasteiger partial charge is 0.183 e. The van der Waals surface area contributed by atoms with E-state index >= 15 is 0 Å². The van der Waals surface area contributed by atoms with Crippen molar-refractivity contribution < 1.29 is 0 Å². The van der Waals surface area contributed by atoms with Gasteiger partial charge in [0, 0.05) is 13.1 Å². The minimum Gasteiger partial charge on any atom is -0.295 e. The molecule has 0 saturated carbocycles. The molecule has 0 bridgehead atoms. The number of nitrogens with one attached hydrogen (secondary N) is 1. The van der Waals surface area contributed by atoms with Crippen LogP contribution in [0.1, 0.15) is 18.1 Å². The fourth-order valence-electron chi connectivity index (χ4n) is 2.39. The first-order valence-corrected chi connectivity index (χ1v) is 9.10. The predicted molar refractivity (Wildman–Crippen MR) is 102 cm³/mol. The lowest BCUT2D eigenvalue weighted by molar-refractivity contribution is 0.271. The molecule has 124 valence electrons. The topological polar surface area (TPSA) is 51.4 Å². The van der Waals surface area contributed by atoms with Crippen LogP contribution in [0, 0.1) is 11.5 Å². The van der Waals surface area contributed by atoms with Gasteiger partial charge in [-0.25, -0.2) is 4.99 Å². The Labute approximate surface area is 148 Å². The average Bonchev–Trinajstić information content (AvgIpc) is 2.62. The number of amidine groups is 1. The van der Waals surface area contributed by atoms with Crippen molar-refractivity contribution >= 4 is 22.6 Å². The Balaban J connectivity index is 2.08. The average molecular weight is 338 g/mol. The van der Waals surface area contributed by atoms with Gasteiger partial charge in [0.25, 0.3) is 0 Å². The Morgan fingerprint density at radius 2 is 1.83 bits per heavy atom. The number of aliphatic imine (C=N–C) groups is 1. The highest BCUT2D eigenvalue weighted by Crippen LogP contribution is 2.18. The summed E-state index contributed by atoms with van der Waals surface area (Å²) in [5.74, 6) is 0. The summed E-state index contributed by atoms with van der Waals surface area (Å²) in [5, 5.41) is 11.9. The Morgan fingerprint density at radius 3 is 2.50 bits per heavy atom. The van der Waals surface area contributed by atoms with Gasteiger partial charge in [-0.2, -0.15) is 5.26 Å². The number of thioether (sulfide) groups is 1. The third-order valence-electron chi connectivity index (χ3n) is 3.60. The van der Waals surface area contributed by atoms with Crippen molar-refractivity contribution in [2.75, 3.05) is 12.8 Å². The normalized spacial score (nSPS) is 11.3. The van der Waals surface area contributed by atoms with Gasteiger partial charge in [-0.3, -0.25) is 10.2 Å². The van der Waals surface area contributed by atoms with E-state index in [1.165, 1.54) is 22.9 Å². The molecular formula is C19H22N4S. The lowest BCUT2D eigenvalue weighted by Crippen LogP contribution is -2.22. The standard InChI is InChI=1S/C19H22N4S/c1-3-23(13-16-8-5-4-6-9-16)14-17-10-7-11-18(12-17)22-19(24-2)21-15-20/h4-12H,3,13-14H2,1-2H3,(H,21,22). The highest BCUT2D eigenvalue weighted by atomic mass is 32.2. The molecule has 0 aromatic heterocycles. The summed E-state index contributed by atoms with van der Waals surface area (Å²) in [7, 11) is 0. The van der Waals surface area contributed by atoms with Crippen molar-refractivity contribution in [3.8, 4) is 6.19 Å². The molecule has 4 nitrogen and oxygen atoms in total. The van der Waals surface area contributed by atoms with E-state index in [2.05, 4.69) is 58.5 Å². The van der Waals surface area contributed by atoms with Gasteiger partial charge in [0.05, 0.1) is 5.69 Å². The van der Waals surface area contributed by atoms with Gasteiger partial charge in [-0.1, -0.05) is 61.2 Å². The van der Waals surface area contributed by atoms with E-state index in [-0.39, 0.29) is 0 Å². The number of hydrogen-bond donors (Lipinski definition) is 1. The number of benzene rings is 2. The molecule has 0 fully saturated rings. The maximum absolute atomic E-state index is 8.73. The second-order valence-electron chi connectivity index (χ2n) is 5.32. The van der Waals surface area contributed by atoms with Crippen molar-refractivity contribution in [3.05, 3.63) is 65.7 Å². The van der Waals surface area contributed by atoms with Gasteiger partial charge in [-0.15, -0.1) is 0 Å². The first kappa shape index (κ1) is 18.1. The molecule has 0 radical (unpaired) electrons. The van der Waals surface area contributed by atoms with Crippen molar-refractivity contribution in [1.29, 1.82) is 5.26 Å². The molecule has 0 saturated heterocycles. The quantitative estimate of drug-likeness (QED) is 0.372.